The van der Waals surface area contributed by atoms with Crippen molar-refractivity contribution in [1.82, 2.24) is 5.32 Å². The molecule has 27 heavy (non-hydrogen) atoms. The highest BCUT2D eigenvalue weighted by atomic mass is 16.3. The third-order valence-electron chi connectivity index (χ3n) is 4.28. The van der Waals surface area contributed by atoms with Crippen molar-refractivity contribution in [2.24, 2.45) is 5.92 Å². The molecule has 0 saturated carbocycles. The second kappa shape index (κ2) is 7.95. The summed E-state index contributed by atoms with van der Waals surface area (Å²) in [6.45, 7) is 3.98. The Kier molecular flexibility index (Phi) is 5.45. The van der Waals surface area contributed by atoms with Crippen molar-refractivity contribution >= 4 is 28.9 Å². The van der Waals surface area contributed by atoms with E-state index in [2.05, 4.69) is 16.0 Å². The minimum atomic E-state index is -0.626. The Labute approximate surface area is 158 Å². The maximum absolute atomic E-state index is 12.7. The first-order valence-electron chi connectivity index (χ1n) is 8.92. The summed E-state index contributed by atoms with van der Waals surface area (Å²) in [5.74, 6) is -1.10. The number of hydrogen-bond acceptors (Lipinski definition) is 4. The largest absolute Gasteiger partial charge is 0.509 e. The number of benzene rings is 2. The molecular formula is C21H23N3O3. The highest BCUT2D eigenvalue weighted by Gasteiger charge is 2.36. The van der Waals surface area contributed by atoms with Crippen molar-refractivity contribution in [3.63, 3.8) is 0 Å². The van der Waals surface area contributed by atoms with Gasteiger partial charge in [0.15, 0.2) is 0 Å². The Morgan fingerprint density at radius 1 is 1.07 bits per heavy atom. The molecule has 1 unspecified atom stereocenters. The number of nitrogens with one attached hydrogen (secondary N) is 3. The molecule has 0 spiro atoms. The van der Waals surface area contributed by atoms with Crippen LogP contribution in [0.15, 0.2) is 65.9 Å². The number of aliphatic hydroxyl groups is 1. The summed E-state index contributed by atoms with van der Waals surface area (Å²) in [5, 5.41) is 19.0. The summed E-state index contributed by atoms with van der Waals surface area (Å²) in [5.41, 5.74) is 1.85. The lowest BCUT2D eigenvalue weighted by atomic mass is 10.0. The summed E-state index contributed by atoms with van der Waals surface area (Å²) >= 11 is 0. The van der Waals surface area contributed by atoms with Crippen molar-refractivity contribution < 1.29 is 14.7 Å². The van der Waals surface area contributed by atoms with Gasteiger partial charge < -0.3 is 21.1 Å². The van der Waals surface area contributed by atoms with E-state index in [0.717, 1.165) is 5.69 Å². The zero-order valence-electron chi connectivity index (χ0n) is 15.3. The molecule has 6 heteroatoms. The van der Waals surface area contributed by atoms with Crippen LogP contribution in [0.25, 0.3) is 0 Å². The summed E-state index contributed by atoms with van der Waals surface area (Å²) in [4.78, 5) is 24.8. The molecule has 0 bridgehead atoms. The summed E-state index contributed by atoms with van der Waals surface area (Å²) < 4.78 is 0. The van der Waals surface area contributed by atoms with E-state index in [1.54, 1.807) is 12.1 Å². The van der Waals surface area contributed by atoms with E-state index in [-0.39, 0.29) is 17.3 Å². The summed E-state index contributed by atoms with van der Waals surface area (Å²) in [7, 11) is 0. The standard InChI is InChI=1S/C21H23N3O3/c1-13(2)12-17-19(25)18(21(27)24-17)20(26)23-16-11-7-6-10-15(16)22-14-8-4-3-5-9-14/h3-11,13,17,22,25H,12H2,1-2H3,(H,23,26)(H,24,27). The molecule has 2 aromatic rings. The van der Waals surface area contributed by atoms with Gasteiger partial charge in [0.1, 0.15) is 11.3 Å². The molecule has 3 rings (SSSR count). The van der Waals surface area contributed by atoms with Crippen LogP contribution < -0.4 is 16.0 Å². The van der Waals surface area contributed by atoms with Crippen LogP contribution in [0, 0.1) is 5.92 Å². The molecule has 0 fully saturated rings. The topological polar surface area (TPSA) is 90.5 Å². The van der Waals surface area contributed by atoms with Gasteiger partial charge in [0, 0.05) is 5.69 Å². The molecule has 1 aliphatic rings. The second-order valence-electron chi connectivity index (χ2n) is 6.91. The molecule has 0 aliphatic carbocycles. The van der Waals surface area contributed by atoms with Crippen molar-refractivity contribution in [2.75, 3.05) is 10.6 Å². The Morgan fingerprint density at radius 2 is 1.70 bits per heavy atom. The lowest BCUT2D eigenvalue weighted by Gasteiger charge is -2.13. The number of para-hydroxylation sites is 3. The maximum atomic E-state index is 12.7. The molecule has 2 aromatic carbocycles. The number of carbonyl (C=O) groups excluding carboxylic acids is 2. The van der Waals surface area contributed by atoms with Crippen LogP contribution in [0.4, 0.5) is 17.1 Å². The van der Waals surface area contributed by atoms with Crippen LogP contribution in [0.3, 0.4) is 0 Å². The van der Waals surface area contributed by atoms with Gasteiger partial charge in [-0.3, -0.25) is 9.59 Å². The molecule has 1 heterocycles. The van der Waals surface area contributed by atoms with Crippen molar-refractivity contribution in [2.45, 2.75) is 26.3 Å². The molecule has 0 radical (unpaired) electrons. The van der Waals surface area contributed by atoms with E-state index in [9.17, 15) is 14.7 Å². The molecule has 1 atom stereocenters. The lowest BCUT2D eigenvalue weighted by Crippen LogP contribution is -2.31. The lowest BCUT2D eigenvalue weighted by molar-refractivity contribution is -0.120. The van der Waals surface area contributed by atoms with Gasteiger partial charge in [-0.25, -0.2) is 0 Å². The minimum absolute atomic E-state index is 0.195. The third kappa shape index (κ3) is 4.28. The van der Waals surface area contributed by atoms with Crippen molar-refractivity contribution in [1.29, 1.82) is 0 Å². The number of aliphatic hydroxyl groups excluding tert-OH is 1. The maximum Gasteiger partial charge on any atom is 0.264 e. The van der Waals surface area contributed by atoms with Crippen LogP contribution in [0.1, 0.15) is 20.3 Å². The fraction of sp³-hybridized carbons (Fsp3) is 0.238. The van der Waals surface area contributed by atoms with E-state index in [0.29, 0.717) is 17.8 Å². The monoisotopic (exact) mass is 365 g/mol. The van der Waals surface area contributed by atoms with Crippen LogP contribution in [0.5, 0.6) is 0 Å². The first kappa shape index (κ1) is 18.5. The van der Waals surface area contributed by atoms with Crippen LogP contribution in [-0.4, -0.2) is 23.0 Å². The quantitative estimate of drug-likeness (QED) is 0.587. The molecule has 4 N–H and O–H groups in total. The van der Waals surface area contributed by atoms with Crippen molar-refractivity contribution in [3.8, 4) is 0 Å². The second-order valence-corrected chi connectivity index (χ2v) is 6.91. The Bertz CT molecular complexity index is 875. The number of rotatable bonds is 6. The SMILES string of the molecule is CC(C)CC1NC(=O)C(C(=O)Nc2ccccc2Nc2ccccc2)=C1O. The van der Waals surface area contributed by atoms with E-state index in [1.165, 1.54) is 0 Å². The predicted molar refractivity (Wildman–Crippen MR) is 106 cm³/mol. The van der Waals surface area contributed by atoms with Gasteiger partial charge in [0.05, 0.1) is 17.4 Å². The Morgan fingerprint density at radius 3 is 2.37 bits per heavy atom. The smallest absolute Gasteiger partial charge is 0.264 e. The highest BCUT2D eigenvalue weighted by molar-refractivity contribution is 6.25. The molecule has 0 saturated heterocycles. The fourth-order valence-corrected chi connectivity index (χ4v) is 3.01. The zero-order valence-corrected chi connectivity index (χ0v) is 15.3. The number of hydrogen-bond donors (Lipinski definition) is 4. The highest BCUT2D eigenvalue weighted by Crippen LogP contribution is 2.27. The van der Waals surface area contributed by atoms with Gasteiger partial charge in [0.25, 0.3) is 11.8 Å². The fourth-order valence-electron chi connectivity index (χ4n) is 3.01. The normalized spacial score (nSPS) is 16.4. The van der Waals surface area contributed by atoms with Crippen LogP contribution >= 0.6 is 0 Å². The van der Waals surface area contributed by atoms with Gasteiger partial charge in [-0.1, -0.05) is 44.2 Å². The summed E-state index contributed by atoms with van der Waals surface area (Å²) in [6.07, 6.45) is 0.570. The van der Waals surface area contributed by atoms with Gasteiger partial charge in [-0.15, -0.1) is 0 Å². The number of anilines is 3. The Balaban J connectivity index is 1.80. The number of carbonyl (C=O) groups is 2. The van der Waals surface area contributed by atoms with Crippen LogP contribution in [0.2, 0.25) is 0 Å². The molecule has 1 aliphatic heterocycles. The average molecular weight is 365 g/mol. The first-order valence-corrected chi connectivity index (χ1v) is 8.92. The van der Waals surface area contributed by atoms with E-state index in [1.807, 2.05) is 56.3 Å². The van der Waals surface area contributed by atoms with E-state index < -0.39 is 17.9 Å². The van der Waals surface area contributed by atoms with E-state index in [4.69, 9.17) is 0 Å². The first-order chi connectivity index (χ1) is 13.0. The van der Waals surface area contributed by atoms with Crippen LogP contribution in [-0.2, 0) is 9.59 Å². The van der Waals surface area contributed by atoms with Gasteiger partial charge in [0.2, 0.25) is 0 Å². The Hall–Kier alpha value is -3.28. The van der Waals surface area contributed by atoms with Gasteiger partial charge in [-0.2, -0.15) is 0 Å². The van der Waals surface area contributed by atoms with Crippen molar-refractivity contribution in [3.05, 3.63) is 65.9 Å². The molecule has 2 amide bonds. The molecular weight excluding hydrogens is 342 g/mol. The van der Waals surface area contributed by atoms with Gasteiger partial charge in [-0.05, 0) is 36.6 Å². The number of amides is 2. The molecule has 140 valence electrons. The molecule has 0 aromatic heterocycles. The zero-order chi connectivity index (χ0) is 19.4. The average Bonchev–Trinajstić information content (AvgIpc) is 2.90. The van der Waals surface area contributed by atoms with Gasteiger partial charge >= 0.3 is 0 Å². The summed E-state index contributed by atoms with van der Waals surface area (Å²) in [6, 6.07) is 16.2. The predicted octanol–water partition coefficient (Wildman–Crippen LogP) is 3.73. The minimum Gasteiger partial charge on any atom is -0.509 e. The molecule has 6 nitrogen and oxygen atoms in total. The third-order valence-corrected chi connectivity index (χ3v) is 4.28. The van der Waals surface area contributed by atoms with E-state index >= 15 is 0 Å².